The van der Waals surface area contributed by atoms with Crippen LogP contribution in [0.4, 0.5) is 0 Å². The molecule has 0 saturated carbocycles. The molecule has 5 heteroatoms. The van der Waals surface area contributed by atoms with Crippen LogP contribution in [0.5, 0.6) is 5.75 Å². The van der Waals surface area contributed by atoms with Crippen molar-refractivity contribution in [3.63, 3.8) is 0 Å². The largest absolute Gasteiger partial charge is 0.506 e. The van der Waals surface area contributed by atoms with Gasteiger partial charge in [0.05, 0.1) is 23.8 Å². The number of ether oxygens (including phenoxy) is 2. The fourth-order valence-electron chi connectivity index (χ4n) is 1.46. The number of carbonyl (C=O) groups excluding carboxylic acids is 1. The molecule has 1 aromatic rings. The molecule has 16 heavy (non-hydrogen) atoms. The lowest BCUT2D eigenvalue weighted by molar-refractivity contribution is 0.0270. The second-order valence-electron chi connectivity index (χ2n) is 3.56. The maximum absolute atomic E-state index is 11.6. The highest BCUT2D eigenvalue weighted by Crippen LogP contribution is 2.24. The van der Waals surface area contributed by atoms with E-state index in [4.69, 9.17) is 21.1 Å². The Morgan fingerprint density at radius 3 is 3.00 bits per heavy atom. The van der Waals surface area contributed by atoms with Gasteiger partial charge in [0, 0.05) is 6.42 Å². The molecular weight excluding hydrogens is 232 g/mol. The van der Waals surface area contributed by atoms with Gasteiger partial charge in [-0.3, -0.25) is 0 Å². The van der Waals surface area contributed by atoms with Crippen molar-refractivity contribution in [1.29, 1.82) is 0 Å². The molecule has 1 aromatic carbocycles. The normalized spacial score (nSPS) is 19.7. The lowest BCUT2D eigenvalue weighted by Gasteiger charge is -2.10. The molecular formula is C11H11ClO4. The van der Waals surface area contributed by atoms with Gasteiger partial charge in [-0.1, -0.05) is 11.6 Å². The molecule has 0 bridgehead atoms. The predicted molar refractivity (Wildman–Crippen MR) is 57.8 cm³/mol. The first-order valence-electron chi connectivity index (χ1n) is 4.94. The average Bonchev–Trinajstić information content (AvgIpc) is 2.74. The third-order valence-electron chi connectivity index (χ3n) is 2.34. The van der Waals surface area contributed by atoms with Crippen molar-refractivity contribution in [3.05, 3.63) is 28.8 Å². The van der Waals surface area contributed by atoms with Gasteiger partial charge in [0.25, 0.3) is 0 Å². The van der Waals surface area contributed by atoms with Gasteiger partial charge in [-0.05, 0) is 18.2 Å². The zero-order valence-corrected chi connectivity index (χ0v) is 9.24. The van der Waals surface area contributed by atoms with Crippen LogP contribution < -0.4 is 0 Å². The molecule has 0 spiro atoms. The number of aromatic hydroxyl groups is 1. The molecule has 4 nitrogen and oxygen atoms in total. The number of hydrogen-bond acceptors (Lipinski definition) is 4. The topological polar surface area (TPSA) is 55.8 Å². The zero-order chi connectivity index (χ0) is 11.5. The Labute approximate surface area is 97.7 Å². The number of hydrogen-bond donors (Lipinski definition) is 1. The molecule has 1 atom stereocenters. The van der Waals surface area contributed by atoms with E-state index in [0.717, 1.165) is 6.42 Å². The van der Waals surface area contributed by atoms with E-state index in [2.05, 4.69) is 0 Å². The Hall–Kier alpha value is -1.26. The molecule has 86 valence electrons. The van der Waals surface area contributed by atoms with Crippen molar-refractivity contribution in [3.8, 4) is 5.75 Å². The molecule has 0 aromatic heterocycles. The van der Waals surface area contributed by atoms with Crippen LogP contribution in [0.3, 0.4) is 0 Å². The van der Waals surface area contributed by atoms with Gasteiger partial charge in [0.1, 0.15) is 11.9 Å². The van der Waals surface area contributed by atoms with E-state index in [1.54, 1.807) is 0 Å². The third kappa shape index (κ3) is 2.46. The van der Waals surface area contributed by atoms with Crippen LogP contribution in [-0.2, 0) is 9.47 Å². The van der Waals surface area contributed by atoms with E-state index in [1.807, 2.05) is 0 Å². The average molecular weight is 243 g/mol. The maximum atomic E-state index is 11.6. The minimum Gasteiger partial charge on any atom is -0.506 e. The molecule has 1 unspecified atom stereocenters. The monoisotopic (exact) mass is 242 g/mol. The summed E-state index contributed by atoms with van der Waals surface area (Å²) in [6.45, 7) is 1.06. The lowest BCUT2D eigenvalue weighted by Crippen LogP contribution is -2.18. The van der Waals surface area contributed by atoms with Gasteiger partial charge >= 0.3 is 5.97 Å². The van der Waals surface area contributed by atoms with Crippen LogP contribution >= 0.6 is 11.6 Å². The SMILES string of the molecule is O=C(OC1CCOC1)c1ccc(O)c(Cl)c1. The van der Waals surface area contributed by atoms with Crippen LogP contribution in [0.15, 0.2) is 18.2 Å². The smallest absolute Gasteiger partial charge is 0.338 e. The van der Waals surface area contributed by atoms with Crippen molar-refractivity contribution in [2.45, 2.75) is 12.5 Å². The Balaban J connectivity index is 2.05. The Morgan fingerprint density at radius 2 is 2.38 bits per heavy atom. The van der Waals surface area contributed by atoms with Gasteiger partial charge in [-0.2, -0.15) is 0 Å². The first-order valence-corrected chi connectivity index (χ1v) is 5.32. The molecule has 2 rings (SSSR count). The van der Waals surface area contributed by atoms with Gasteiger partial charge in [0.15, 0.2) is 0 Å². The zero-order valence-electron chi connectivity index (χ0n) is 8.48. The minimum atomic E-state index is -0.447. The highest BCUT2D eigenvalue weighted by Gasteiger charge is 2.21. The number of carbonyl (C=O) groups is 1. The molecule has 0 radical (unpaired) electrons. The summed E-state index contributed by atoms with van der Waals surface area (Å²) < 4.78 is 10.3. The number of esters is 1. The standard InChI is InChI=1S/C11H11ClO4/c12-9-5-7(1-2-10(9)13)11(14)16-8-3-4-15-6-8/h1-2,5,8,13H,3-4,6H2. The van der Waals surface area contributed by atoms with Crippen LogP contribution in [-0.4, -0.2) is 30.4 Å². The van der Waals surface area contributed by atoms with Gasteiger partial charge in [-0.15, -0.1) is 0 Å². The first kappa shape index (κ1) is 11.2. The Morgan fingerprint density at radius 1 is 1.56 bits per heavy atom. The molecule has 1 saturated heterocycles. The highest BCUT2D eigenvalue weighted by molar-refractivity contribution is 6.32. The van der Waals surface area contributed by atoms with Crippen LogP contribution in [0.2, 0.25) is 5.02 Å². The van der Waals surface area contributed by atoms with Crippen molar-refractivity contribution in [2.75, 3.05) is 13.2 Å². The van der Waals surface area contributed by atoms with Crippen molar-refractivity contribution in [2.24, 2.45) is 0 Å². The minimum absolute atomic E-state index is 0.0533. The molecule has 1 aliphatic rings. The first-order chi connectivity index (χ1) is 7.66. The third-order valence-corrected chi connectivity index (χ3v) is 2.65. The maximum Gasteiger partial charge on any atom is 0.338 e. The van der Waals surface area contributed by atoms with Crippen molar-refractivity contribution < 1.29 is 19.4 Å². The number of rotatable bonds is 2. The fraction of sp³-hybridized carbons (Fsp3) is 0.364. The number of phenols is 1. The summed E-state index contributed by atoms with van der Waals surface area (Å²) in [7, 11) is 0. The second kappa shape index (κ2) is 4.72. The number of benzene rings is 1. The molecule has 1 fully saturated rings. The van der Waals surface area contributed by atoms with Crippen molar-refractivity contribution in [1.82, 2.24) is 0 Å². The fourth-order valence-corrected chi connectivity index (χ4v) is 1.64. The van der Waals surface area contributed by atoms with E-state index < -0.39 is 5.97 Å². The lowest BCUT2D eigenvalue weighted by atomic mass is 10.2. The van der Waals surface area contributed by atoms with Crippen LogP contribution in [0, 0.1) is 0 Å². The van der Waals surface area contributed by atoms with Gasteiger partial charge < -0.3 is 14.6 Å². The number of halogens is 1. The van der Waals surface area contributed by atoms with Crippen molar-refractivity contribution >= 4 is 17.6 Å². The summed E-state index contributed by atoms with van der Waals surface area (Å²) in [5.41, 5.74) is 0.328. The summed E-state index contributed by atoms with van der Waals surface area (Å²) in [5.74, 6) is -0.500. The summed E-state index contributed by atoms with van der Waals surface area (Å²) in [6, 6.07) is 4.22. The van der Waals surface area contributed by atoms with Gasteiger partial charge in [-0.25, -0.2) is 4.79 Å². The molecule has 1 heterocycles. The summed E-state index contributed by atoms with van der Waals surface area (Å²) in [5, 5.41) is 9.34. The molecule has 1 aliphatic heterocycles. The van der Waals surface area contributed by atoms with Gasteiger partial charge in [0.2, 0.25) is 0 Å². The summed E-state index contributed by atoms with van der Waals surface area (Å²) in [6.07, 6.45) is 0.539. The summed E-state index contributed by atoms with van der Waals surface area (Å²) in [4.78, 5) is 11.6. The van der Waals surface area contributed by atoms with Crippen LogP contribution in [0.1, 0.15) is 16.8 Å². The quantitative estimate of drug-likeness (QED) is 0.806. The number of phenolic OH excluding ortho intramolecular Hbond substituents is 1. The molecule has 0 amide bonds. The van der Waals surface area contributed by atoms with E-state index >= 15 is 0 Å². The second-order valence-corrected chi connectivity index (χ2v) is 3.96. The summed E-state index contributed by atoms with van der Waals surface area (Å²) >= 11 is 5.69. The predicted octanol–water partition coefficient (Wildman–Crippen LogP) is 1.99. The van der Waals surface area contributed by atoms with Crippen LogP contribution in [0.25, 0.3) is 0 Å². The Bertz CT molecular complexity index is 399. The molecule has 1 N–H and O–H groups in total. The highest BCUT2D eigenvalue weighted by atomic mass is 35.5. The van der Waals surface area contributed by atoms with E-state index in [1.165, 1.54) is 18.2 Å². The molecule has 0 aliphatic carbocycles. The van der Waals surface area contributed by atoms with E-state index in [0.29, 0.717) is 18.8 Å². The Kier molecular flexibility index (Phi) is 3.31. The van der Waals surface area contributed by atoms with E-state index in [9.17, 15) is 9.90 Å². The van der Waals surface area contributed by atoms with E-state index in [-0.39, 0.29) is 16.9 Å².